The molecule has 0 spiro atoms. The lowest BCUT2D eigenvalue weighted by Gasteiger charge is -1.90. The summed E-state index contributed by atoms with van der Waals surface area (Å²) in [6, 6.07) is 0. The van der Waals surface area contributed by atoms with Crippen LogP contribution in [0.4, 0.5) is 0 Å². The maximum Gasteiger partial charge on any atom is 0.335 e. The van der Waals surface area contributed by atoms with Gasteiger partial charge in [-0.1, -0.05) is 19.1 Å². The lowest BCUT2D eigenvalue weighted by Crippen LogP contribution is -2.01. The second-order valence-corrected chi connectivity index (χ2v) is 2.05. The van der Waals surface area contributed by atoms with E-state index in [1.165, 1.54) is 6.08 Å². The molecule has 0 aromatic carbocycles. The first-order chi connectivity index (χ1) is 5.57. The van der Waals surface area contributed by atoms with Crippen LogP contribution in [0.5, 0.6) is 0 Å². The topological polar surface area (TPSA) is 74.6 Å². The van der Waals surface area contributed by atoms with E-state index in [4.69, 9.17) is 10.2 Å². The summed E-state index contributed by atoms with van der Waals surface area (Å²) >= 11 is 0. The Morgan fingerprint density at radius 3 is 2.25 bits per heavy atom. The van der Waals surface area contributed by atoms with Crippen molar-refractivity contribution in [3.05, 3.63) is 23.8 Å². The van der Waals surface area contributed by atoms with Gasteiger partial charge >= 0.3 is 11.9 Å². The second kappa shape index (κ2) is 5.12. The summed E-state index contributed by atoms with van der Waals surface area (Å²) in [5.41, 5.74) is -0.218. The molecule has 2 N–H and O–H groups in total. The molecule has 0 radical (unpaired) electrons. The molecular weight excluding hydrogens is 160 g/mol. The first-order valence-electron chi connectivity index (χ1n) is 3.42. The highest BCUT2D eigenvalue weighted by Gasteiger charge is 2.04. The average molecular weight is 170 g/mol. The highest BCUT2D eigenvalue weighted by Crippen LogP contribution is 1.98. The van der Waals surface area contributed by atoms with Crippen molar-refractivity contribution in [2.75, 3.05) is 0 Å². The van der Waals surface area contributed by atoms with Gasteiger partial charge in [0.15, 0.2) is 0 Å². The van der Waals surface area contributed by atoms with Gasteiger partial charge in [-0.3, -0.25) is 0 Å². The van der Waals surface area contributed by atoms with Gasteiger partial charge in [0.05, 0.1) is 5.57 Å². The number of hydrogen-bond donors (Lipinski definition) is 2. The number of rotatable bonds is 4. The van der Waals surface area contributed by atoms with Gasteiger partial charge in [0.25, 0.3) is 0 Å². The van der Waals surface area contributed by atoms with Crippen LogP contribution in [0.25, 0.3) is 0 Å². The molecule has 0 saturated carbocycles. The molecule has 12 heavy (non-hydrogen) atoms. The van der Waals surface area contributed by atoms with Gasteiger partial charge in [0.1, 0.15) is 0 Å². The average Bonchev–Trinajstić information content (AvgIpc) is 1.96. The molecule has 0 atom stereocenters. The Hall–Kier alpha value is -1.58. The molecule has 0 aromatic rings. The Morgan fingerprint density at radius 2 is 1.92 bits per heavy atom. The Bertz CT molecular complexity index is 237. The van der Waals surface area contributed by atoms with Crippen LogP contribution in [0.1, 0.15) is 13.3 Å². The molecule has 0 bridgehead atoms. The predicted molar refractivity (Wildman–Crippen MR) is 42.8 cm³/mol. The van der Waals surface area contributed by atoms with E-state index in [2.05, 4.69) is 0 Å². The van der Waals surface area contributed by atoms with Crippen molar-refractivity contribution in [1.29, 1.82) is 0 Å². The van der Waals surface area contributed by atoms with E-state index in [9.17, 15) is 9.59 Å². The highest BCUT2D eigenvalue weighted by atomic mass is 16.4. The van der Waals surface area contributed by atoms with Crippen LogP contribution in [0.3, 0.4) is 0 Å². The fourth-order valence-electron chi connectivity index (χ4n) is 0.559. The Labute approximate surface area is 69.8 Å². The molecule has 0 fully saturated rings. The van der Waals surface area contributed by atoms with E-state index in [0.29, 0.717) is 12.5 Å². The lowest BCUT2D eigenvalue weighted by molar-refractivity contribution is -0.134. The summed E-state index contributed by atoms with van der Waals surface area (Å²) < 4.78 is 0. The minimum atomic E-state index is -1.26. The minimum absolute atomic E-state index is 0.218. The van der Waals surface area contributed by atoms with Crippen molar-refractivity contribution in [1.82, 2.24) is 0 Å². The number of carbonyl (C=O) groups is 2. The molecular formula is C8H10O4. The molecule has 0 saturated heterocycles. The molecule has 0 aromatic heterocycles. The van der Waals surface area contributed by atoms with E-state index in [1.807, 2.05) is 6.92 Å². The quantitative estimate of drug-likeness (QED) is 0.488. The minimum Gasteiger partial charge on any atom is -0.478 e. The fraction of sp³-hybridized carbons (Fsp3) is 0.250. The molecule has 4 heteroatoms. The normalized spacial score (nSPS) is 11.9. The molecule has 0 rings (SSSR count). The van der Waals surface area contributed by atoms with Gasteiger partial charge in [-0.05, 0) is 6.42 Å². The van der Waals surface area contributed by atoms with Gasteiger partial charge < -0.3 is 10.2 Å². The second-order valence-electron chi connectivity index (χ2n) is 2.05. The summed E-state index contributed by atoms with van der Waals surface area (Å²) in [6.07, 6.45) is 4.19. The van der Waals surface area contributed by atoms with Gasteiger partial charge in [-0.25, -0.2) is 9.59 Å². The van der Waals surface area contributed by atoms with E-state index in [1.54, 1.807) is 6.08 Å². The predicted octanol–water partition coefficient (Wildman–Crippen LogP) is 1.05. The molecule has 4 nitrogen and oxygen atoms in total. The Kier molecular flexibility index (Phi) is 4.45. The summed E-state index contributed by atoms with van der Waals surface area (Å²) in [7, 11) is 0. The van der Waals surface area contributed by atoms with Crippen LogP contribution < -0.4 is 0 Å². The van der Waals surface area contributed by atoms with Crippen molar-refractivity contribution in [3.8, 4) is 0 Å². The molecule has 66 valence electrons. The van der Waals surface area contributed by atoms with Crippen LogP contribution >= 0.6 is 0 Å². The van der Waals surface area contributed by atoms with E-state index < -0.39 is 11.9 Å². The smallest absolute Gasteiger partial charge is 0.335 e. The molecule has 0 amide bonds. The number of carboxylic acid groups (broad SMARTS) is 2. The fourth-order valence-corrected chi connectivity index (χ4v) is 0.559. The van der Waals surface area contributed by atoms with E-state index in [-0.39, 0.29) is 5.57 Å². The zero-order chi connectivity index (χ0) is 9.56. The van der Waals surface area contributed by atoms with Crippen LogP contribution in [0.15, 0.2) is 23.8 Å². The van der Waals surface area contributed by atoms with Crippen LogP contribution in [-0.2, 0) is 9.59 Å². The van der Waals surface area contributed by atoms with Crippen LogP contribution in [0.2, 0.25) is 0 Å². The molecule has 0 unspecified atom stereocenters. The van der Waals surface area contributed by atoms with Crippen LogP contribution in [-0.4, -0.2) is 22.2 Å². The standard InChI is InChI=1S/C8H10O4/c1-2-3-4-6(8(11)12)5-7(9)10/h3-5H,2H2,1H3,(H,9,10)(H,11,12)/b4-3+,6-5-. The third kappa shape index (κ3) is 4.27. The number of allylic oxidation sites excluding steroid dienone is 1. The highest BCUT2D eigenvalue weighted by molar-refractivity contribution is 5.96. The summed E-state index contributed by atoms with van der Waals surface area (Å²) in [5, 5.41) is 16.7. The van der Waals surface area contributed by atoms with Crippen molar-refractivity contribution in [3.63, 3.8) is 0 Å². The van der Waals surface area contributed by atoms with Gasteiger partial charge in [-0.2, -0.15) is 0 Å². The molecule has 0 aliphatic rings. The van der Waals surface area contributed by atoms with Gasteiger partial charge in [0.2, 0.25) is 0 Å². The monoisotopic (exact) mass is 170 g/mol. The van der Waals surface area contributed by atoms with Crippen molar-refractivity contribution < 1.29 is 19.8 Å². The first-order valence-corrected chi connectivity index (χ1v) is 3.42. The van der Waals surface area contributed by atoms with E-state index >= 15 is 0 Å². The molecule has 0 aliphatic heterocycles. The number of carboxylic acids is 2. The third-order valence-corrected chi connectivity index (χ3v) is 1.06. The van der Waals surface area contributed by atoms with Gasteiger partial charge in [0, 0.05) is 6.08 Å². The third-order valence-electron chi connectivity index (χ3n) is 1.06. The first kappa shape index (κ1) is 10.4. The lowest BCUT2D eigenvalue weighted by atomic mass is 10.2. The largest absolute Gasteiger partial charge is 0.478 e. The maximum atomic E-state index is 10.4. The van der Waals surface area contributed by atoms with Crippen molar-refractivity contribution >= 4 is 11.9 Å². The zero-order valence-corrected chi connectivity index (χ0v) is 6.65. The molecule has 0 heterocycles. The van der Waals surface area contributed by atoms with Gasteiger partial charge in [-0.15, -0.1) is 0 Å². The number of hydrogen-bond acceptors (Lipinski definition) is 2. The van der Waals surface area contributed by atoms with Crippen molar-refractivity contribution in [2.45, 2.75) is 13.3 Å². The Balaban J connectivity index is 4.55. The maximum absolute atomic E-state index is 10.4. The number of aliphatic carboxylic acids is 2. The molecule has 0 aliphatic carbocycles. The van der Waals surface area contributed by atoms with Crippen LogP contribution in [0, 0.1) is 0 Å². The van der Waals surface area contributed by atoms with E-state index in [0.717, 1.165) is 0 Å². The SMILES string of the molecule is CC/C=C/C(=C/C(=O)O)C(=O)O. The summed E-state index contributed by atoms with van der Waals surface area (Å²) in [5.74, 6) is -2.49. The Morgan fingerprint density at radius 1 is 1.33 bits per heavy atom. The van der Waals surface area contributed by atoms with Crippen molar-refractivity contribution in [2.24, 2.45) is 0 Å². The zero-order valence-electron chi connectivity index (χ0n) is 6.65. The summed E-state index contributed by atoms with van der Waals surface area (Å²) in [4.78, 5) is 20.5. The summed E-state index contributed by atoms with van der Waals surface area (Å²) in [6.45, 7) is 1.83.